The van der Waals surface area contributed by atoms with E-state index in [2.05, 4.69) is 20.4 Å². The number of ether oxygens (including phenoxy) is 1. The molecule has 16 heteroatoms. The number of aromatic amines is 1. The fourth-order valence-electron chi connectivity index (χ4n) is 6.18. The van der Waals surface area contributed by atoms with E-state index in [1.54, 1.807) is 11.1 Å². The number of primary amides is 1. The molecule has 240 valence electrons. The van der Waals surface area contributed by atoms with Gasteiger partial charge in [0.1, 0.15) is 24.6 Å². The summed E-state index contributed by atoms with van der Waals surface area (Å²) in [6, 6.07) is 6.59. The number of hydrogen-bond acceptors (Lipinski definition) is 10. The first-order valence-electron chi connectivity index (χ1n) is 15.1. The van der Waals surface area contributed by atoms with Gasteiger partial charge in [-0.15, -0.1) is 5.10 Å². The predicted octanol–water partition coefficient (Wildman–Crippen LogP) is -2.03. The molecule has 45 heavy (non-hydrogen) atoms. The molecule has 2 aromatic heterocycles. The van der Waals surface area contributed by atoms with E-state index >= 15 is 0 Å². The fraction of sp³-hybridized carbons (Fsp3) is 0.517. The number of nitrogens with one attached hydrogen (secondary N) is 2. The number of carbonyl (C=O) groups excluding carboxylic acids is 4. The van der Waals surface area contributed by atoms with E-state index in [1.807, 2.05) is 34.1 Å². The molecule has 3 fully saturated rings. The van der Waals surface area contributed by atoms with Gasteiger partial charge in [0.25, 0.3) is 11.8 Å². The molecular weight excluding hydrogens is 586 g/mol. The molecule has 4 amide bonds. The third-order valence-electron chi connectivity index (χ3n) is 8.70. The summed E-state index contributed by atoms with van der Waals surface area (Å²) in [6.07, 6.45) is -1.01. The Morgan fingerprint density at radius 3 is 2.47 bits per heavy atom. The van der Waals surface area contributed by atoms with Crippen LogP contribution in [0.1, 0.15) is 35.3 Å². The topological polar surface area (TPSA) is 212 Å². The van der Waals surface area contributed by atoms with Crippen molar-refractivity contribution in [3.63, 3.8) is 0 Å². The maximum absolute atomic E-state index is 13.9. The number of rotatable bonds is 9. The highest BCUT2D eigenvalue weighted by Crippen LogP contribution is 2.29. The van der Waals surface area contributed by atoms with Crippen LogP contribution >= 0.6 is 0 Å². The van der Waals surface area contributed by atoms with Crippen molar-refractivity contribution >= 4 is 34.5 Å². The quantitative estimate of drug-likeness (QED) is 0.176. The van der Waals surface area contributed by atoms with Gasteiger partial charge in [-0.05, 0) is 24.5 Å². The van der Waals surface area contributed by atoms with Gasteiger partial charge in [0.2, 0.25) is 17.6 Å². The Balaban J connectivity index is 1.15. The van der Waals surface area contributed by atoms with Crippen molar-refractivity contribution in [2.45, 2.75) is 49.8 Å². The van der Waals surface area contributed by atoms with Crippen LogP contribution in [0.25, 0.3) is 10.9 Å². The maximum Gasteiger partial charge on any atom is 0.288 e. The minimum atomic E-state index is -1.66. The van der Waals surface area contributed by atoms with Crippen molar-refractivity contribution in [2.75, 3.05) is 45.8 Å². The Kier molecular flexibility index (Phi) is 8.80. The number of aliphatic hydroxyl groups is 2. The molecule has 6 N–H and O–H groups in total. The number of para-hydroxylation sites is 1. The average Bonchev–Trinajstić information content (AvgIpc) is 3.85. The molecule has 0 bridgehead atoms. The van der Waals surface area contributed by atoms with Crippen LogP contribution in [0.2, 0.25) is 0 Å². The molecule has 3 saturated heterocycles. The second kappa shape index (κ2) is 12.9. The normalized spacial score (nSPS) is 24.7. The zero-order valence-corrected chi connectivity index (χ0v) is 24.6. The van der Waals surface area contributed by atoms with E-state index in [4.69, 9.17) is 10.5 Å². The molecular formula is C29H37N9O7. The van der Waals surface area contributed by atoms with Crippen molar-refractivity contribution in [2.24, 2.45) is 5.73 Å². The summed E-state index contributed by atoms with van der Waals surface area (Å²) in [6.45, 7) is 3.68. The van der Waals surface area contributed by atoms with Crippen LogP contribution in [0.15, 0.2) is 36.8 Å². The van der Waals surface area contributed by atoms with E-state index in [0.717, 1.165) is 53.4 Å². The second-order valence-electron chi connectivity index (χ2n) is 11.7. The van der Waals surface area contributed by atoms with Crippen molar-refractivity contribution in [3.05, 3.63) is 48.2 Å². The van der Waals surface area contributed by atoms with Gasteiger partial charge in [-0.3, -0.25) is 24.1 Å². The predicted molar refractivity (Wildman–Crippen MR) is 157 cm³/mol. The first-order valence-corrected chi connectivity index (χ1v) is 15.1. The van der Waals surface area contributed by atoms with Gasteiger partial charge in [0.05, 0.1) is 6.54 Å². The lowest BCUT2D eigenvalue weighted by molar-refractivity contribution is -0.144. The smallest absolute Gasteiger partial charge is 0.288 e. The Bertz CT molecular complexity index is 1560. The molecule has 0 aliphatic carbocycles. The molecule has 5 atom stereocenters. The number of nitrogens with two attached hydrogens (primary N) is 1. The summed E-state index contributed by atoms with van der Waals surface area (Å²) in [5, 5.41) is 28.9. The first kappa shape index (κ1) is 30.6. The molecule has 0 saturated carbocycles. The lowest BCUT2D eigenvalue weighted by Gasteiger charge is -2.37. The zero-order chi connectivity index (χ0) is 31.7. The molecule has 0 spiro atoms. The van der Waals surface area contributed by atoms with Crippen molar-refractivity contribution in [3.8, 4) is 0 Å². The van der Waals surface area contributed by atoms with Crippen molar-refractivity contribution in [1.82, 2.24) is 39.8 Å². The summed E-state index contributed by atoms with van der Waals surface area (Å²) in [5.74, 6) is -2.23. The number of H-pyrrole nitrogens is 1. The monoisotopic (exact) mass is 623 g/mol. The summed E-state index contributed by atoms with van der Waals surface area (Å²) >= 11 is 0. The fourth-order valence-corrected chi connectivity index (χ4v) is 6.18. The highest BCUT2D eigenvalue weighted by Gasteiger charge is 2.48. The van der Waals surface area contributed by atoms with Gasteiger partial charge < -0.3 is 40.8 Å². The molecule has 16 nitrogen and oxygen atoms in total. The summed E-state index contributed by atoms with van der Waals surface area (Å²) in [4.78, 5) is 64.0. The molecule has 1 aromatic carbocycles. The number of nitrogens with zero attached hydrogens (tertiary/aromatic N) is 6. The van der Waals surface area contributed by atoms with Crippen LogP contribution in [0.4, 0.5) is 0 Å². The van der Waals surface area contributed by atoms with Crippen LogP contribution < -0.4 is 11.1 Å². The Morgan fingerprint density at radius 2 is 1.76 bits per heavy atom. The summed E-state index contributed by atoms with van der Waals surface area (Å²) in [7, 11) is 0. The van der Waals surface area contributed by atoms with Gasteiger partial charge >= 0.3 is 0 Å². The Morgan fingerprint density at radius 1 is 1.02 bits per heavy atom. The number of amides is 4. The lowest BCUT2D eigenvalue weighted by atomic mass is 10.0. The largest absolute Gasteiger partial charge is 0.387 e. The van der Waals surface area contributed by atoms with Crippen molar-refractivity contribution in [1.29, 1.82) is 0 Å². The van der Waals surface area contributed by atoms with Gasteiger partial charge in [-0.2, -0.15) is 0 Å². The number of benzene rings is 1. The Labute approximate surface area is 258 Å². The lowest BCUT2D eigenvalue weighted by Crippen LogP contribution is -2.58. The summed E-state index contributed by atoms with van der Waals surface area (Å²) < 4.78 is 6.68. The van der Waals surface area contributed by atoms with E-state index in [-0.39, 0.29) is 24.1 Å². The first-order chi connectivity index (χ1) is 21.7. The standard InChI is InChI=1S/C29H37N9O7/c30-25(42)26-32-16-38(34-26)29-23(41)22(40)24(45-29)27(43)33-20(13-17-14-31-19-6-2-1-5-18(17)19)28(44)37-11-9-35(10-12-37)15-21(39)36-7-3-4-8-36/h1-2,5-6,14,16,20,22-24,29,31,40-41H,3-4,7-13,15H2,(H2,30,42)(H,33,43)/t20-,22+,23-,24+,29-/m1/s1. The van der Waals surface area contributed by atoms with Gasteiger partial charge in [0.15, 0.2) is 12.3 Å². The van der Waals surface area contributed by atoms with Gasteiger partial charge in [-0.25, -0.2) is 9.67 Å². The SMILES string of the molecule is NC(=O)c1ncn([C@@H]2O[C@H](C(=O)N[C@H](Cc3c[nH]c4ccccc34)C(=O)N3CCN(CC(=O)N4CCCC4)CC3)[C@@H](O)[C@H]2O)n1. The van der Waals surface area contributed by atoms with Crippen LogP contribution in [-0.2, 0) is 25.5 Å². The minimum absolute atomic E-state index is 0.101. The summed E-state index contributed by atoms with van der Waals surface area (Å²) in [5.41, 5.74) is 6.89. The van der Waals surface area contributed by atoms with E-state index in [1.165, 1.54) is 0 Å². The molecule has 3 aliphatic heterocycles. The number of carbonyl (C=O) groups is 4. The van der Waals surface area contributed by atoms with Gasteiger partial charge in [-0.1, -0.05) is 18.2 Å². The number of fused-ring (bicyclic) bond motifs is 1. The van der Waals surface area contributed by atoms with Crippen LogP contribution in [0.5, 0.6) is 0 Å². The van der Waals surface area contributed by atoms with E-state index in [9.17, 15) is 29.4 Å². The van der Waals surface area contributed by atoms with Crippen LogP contribution in [0, 0.1) is 0 Å². The molecule has 0 radical (unpaired) electrons. The molecule has 3 aliphatic rings. The number of aromatic nitrogens is 4. The minimum Gasteiger partial charge on any atom is -0.387 e. The third kappa shape index (κ3) is 6.40. The van der Waals surface area contributed by atoms with E-state index < -0.39 is 42.4 Å². The van der Waals surface area contributed by atoms with Gasteiger partial charge in [0, 0.05) is 62.8 Å². The molecule has 6 rings (SSSR count). The maximum atomic E-state index is 13.9. The van der Waals surface area contributed by atoms with Crippen LogP contribution in [0.3, 0.4) is 0 Å². The third-order valence-corrected chi connectivity index (χ3v) is 8.70. The molecule has 3 aromatic rings. The average molecular weight is 624 g/mol. The van der Waals surface area contributed by atoms with Crippen molar-refractivity contribution < 1.29 is 34.1 Å². The van der Waals surface area contributed by atoms with Crippen LogP contribution in [-0.4, -0.2) is 138 Å². The number of piperazine rings is 1. The molecule has 5 heterocycles. The molecule has 0 unspecified atom stereocenters. The number of aliphatic hydroxyl groups excluding tert-OH is 2. The highest BCUT2D eigenvalue weighted by atomic mass is 16.6. The number of hydrogen-bond donors (Lipinski definition) is 5. The number of likely N-dealkylation sites (tertiary alicyclic amines) is 1. The Hall–Kier alpha value is -4.38. The van der Waals surface area contributed by atoms with E-state index in [0.29, 0.717) is 32.7 Å². The second-order valence-corrected chi connectivity index (χ2v) is 11.7. The zero-order valence-electron chi connectivity index (χ0n) is 24.6. The highest BCUT2D eigenvalue weighted by molar-refractivity contribution is 5.91.